The van der Waals surface area contributed by atoms with Crippen LogP contribution in [0.25, 0.3) is 10.9 Å². The van der Waals surface area contributed by atoms with Crippen LogP contribution in [0, 0.1) is 0 Å². The van der Waals surface area contributed by atoms with Crippen molar-refractivity contribution in [1.82, 2.24) is 4.57 Å². The molecule has 5 nitrogen and oxygen atoms in total. The van der Waals surface area contributed by atoms with Gasteiger partial charge in [-0.05, 0) is 42.5 Å². The van der Waals surface area contributed by atoms with Crippen molar-refractivity contribution in [2.24, 2.45) is 0 Å². The average molecular weight is 291 g/mol. The average Bonchev–Trinajstić information content (AvgIpc) is 2.82. The molecule has 3 N–H and O–H groups in total. The molecule has 0 unspecified atom stereocenters. The third-order valence-electron chi connectivity index (χ3n) is 3.71. The lowest BCUT2D eigenvalue weighted by Crippen LogP contribution is -2.03. The highest BCUT2D eigenvalue weighted by Gasteiger charge is 2.15. The highest BCUT2D eigenvalue weighted by atomic mass is 16.4. The fourth-order valence-corrected chi connectivity index (χ4v) is 2.75. The van der Waals surface area contributed by atoms with Gasteiger partial charge < -0.3 is 19.9 Å². The number of carboxylic acid groups (broad SMARTS) is 1. The van der Waals surface area contributed by atoms with Crippen LogP contribution in [0.15, 0.2) is 18.3 Å². The Hall–Kier alpha value is -1.85. The molecule has 0 atom stereocenters. The Balaban J connectivity index is 2.67. The maximum Gasteiger partial charge on any atom is 0.335 e. The monoisotopic (exact) mass is 291 g/mol. The van der Waals surface area contributed by atoms with Gasteiger partial charge in [-0.1, -0.05) is 6.92 Å². The number of aryl methyl sites for hydroxylation is 2. The summed E-state index contributed by atoms with van der Waals surface area (Å²) in [5, 5.41) is 28.4. The Labute approximate surface area is 123 Å². The normalized spacial score (nSPS) is 11.2. The topological polar surface area (TPSA) is 82.7 Å². The van der Waals surface area contributed by atoms with Gasteiger partial charge in [-0.2, -0.15) is 0 Å². The first-order chi connectivity index (χ1) is 10.1. The second-order valence-electron chi connectivity index (χ2n) is 5.09. The van der Waals surface area contributed by atoms with Crippen LogP contribution in [-0.2, 0) is 19.4 Å². The van der Waals surface area contributed by atoms with Crippen LogP contribution in [-0.4, -0.2) is 39.1 Å². The molecule has 0 aliphatic heterocycles. The van der Waals surface area contributed by atoms with Crippen LogP contribution in [0.5, 0.6) is 0 Å². The minimum absolute atomic E-state index is 0.0348. The van der Waals surface area contributed by atoms with Gasteiger partial charge >= 0.3 is 5.97 Å². The van der Waals surface area contributed by atoms with Crippen LogP contribution < -0.4 is 0 Å². The number of rotatable bonds is 7. The Kier molecular flexibility index (Phi) is 4.98. The van der Waals surface area contributed by atoms with E-state index in [0.29, 0.717) is 19.4 Å². The third kappa shape index (κ3) is 3.09. The molecule has 0 bridgehead atoms. The SMILES string of the molecule is CCc1cc(C(=O)O)cc2c(CCCO)cn(CCO)c12. The zero-order valence-corrected chi connectivity index (χ0v) is 12.2. The number of aromatic carboxylic acids is 1. The number of benzene rings is 1. The maximum atomic E-state index is 11.3. The van der Waals surface area contributed by atoms with Crippen molar-refractivity contribution in [3.8, 4) is 0 Å². The van der Waals surface area contributed by atoms with Crippen molar-refractivity contribution < 1.29 is 20.1 Å². The summed E-state index contributed by atoms with van der Waals surface area (Å²) in [6.07, 6.45) is 4.02. The zero-order valence-electron chi connectivity index (χ0n) is 12.2. The molecular formula is C16H21NO4. The Morgan fingerprint density at radius 3 is 2.52 bits per heavy atom. The van der Waals surface area contributed by atoms with Gasteiger partial charge in [0.1, 0.15) is 0 Å². The van der Waals surface area contributed by atoms with E-state index >= 15 is 0 Å². The van der Waals surface area contributed by atoms with E-state index < -0.39 is 5.97 Å². The van der Waals surface area contributed by atoms with Crippen molar-refractivity contribution in [2.45, 2.75) is 32.7 Å². The number of nitrogens with zero attached hydrogens (tertiary/aromatic N) is 1. The first-order valence-corrected chi connectivity index (χ1v) is 7.22. The minimum Gasteiger partial charge on any atom is -0.478 e. The number of carboxylic acids is 1. The first-order valence-electron chi connectivity index (χ1n) is 7.22. The van der Waals surface area contributed by atoms with Crippen molar-refractivity contribution in [1.29, 1.82) is 0 Å². The molecule has 1 heterocycles. The summed E-state index contributed by atoms with van der Waals surface area (Å²) in [4.78, 5) is 11.3. The molecule has 1 aromatic carbocycles. The molecule has 114 valence electrons. The molecule has 5 heteroatoms. The van der Waals surface area contributed by atoms with Gasteiger partial charge in [-0.25, -0.2) is 4.79 Å². The van der Waals surface area contributed by atoms with Gasteiger partial charge in [0, 0.05) is 24.7 Å². The largest absolute Gasteiger partial charge is 0.478 e. The van der Waals surface area contributed by atoms with Gasteiger partial charge in [0.2, 0.25) is 0 Å². The minimum atomic E-state index is -0.936. The summed E-state index contributed by atoms with van der Waals surface area (Å²) in [5.41, 5.74) is 3.26. The highest BCUT2D eigenvalue weighted by molar-refractivity contribution is 5.96. The van der Waals surface area contributed by atoms with Crippen molar-refractivity contribution in [3.05, 3.63) is 35.0 Å². The fourth-order valence-electron chi connectivity index (χ4n) is 2.75. The number of aromatic nitrogens is 1. The summed E-state index contributed by atoms with van der Waals surface area (Å²) < 4.78 is 1.98. The molecule has 0 saturated heterocycles. The molecule has 0 spiro atoms. The molecule has 0 aliphatic carbocycles. The quantitative estimate of drug-likeness (QED) is 0.726. The van der Waals surface area contributed by atoms with Crippen LogP contribution in [0.3, 0.4) is 0 Å². The lowest BCUT2D eigenvalue weighted by atomic mass is 10.0. The second kappa shape index (κ2) is 6.74. The zero-order chi connectivity index (χ0) is 15.4. The van der Waals surface area contributed by atoms with E-state index in [1.165, 1.54) is 0 Å². The number of hydrogen-bond donors (Lipinski definition) is 3. The molecule has 2 aromatic rings. The smallest absolute Gasteiger partial charge is 0.335 e. The van der Waals surface area contributed by atoms with E-state index in [-0.39, 0.29) is 18.8 Å². The maximum absolute atomic E-state index is 11.3. The van der Waals surface area contributed by atoms with Crippen molar-refractivity contribution >= 4 is 16.9 Å². The van der Waals surface area contributed by atoms with E-state index in [9.17, 15) is 15.0 Å². The Morgan fingerprint density at radius 1 is 1.19 bits per heavy atom. The molecule has 0 radical (unpaired) electrons. The van der Waals surface area contributed by atoms with Crippen LogP contribution >= 0.6 is 0 Å². The Morgan fingerprint density at radius 2 is 1.95 bits per heavy atom. The fraction of sp³-hybridized carbons (Fsp3) is 0.438. The molecule has 0 saturated carbocycles. The van der Waals surface area contributed by atoms with Crippen LogP contribution in [0.1, 0.15) is 34.8 Å². The van der Waals surface area contributed by atoms with Gasteiger partial charge in [0.05, 0.1) is 17.7 Å². The molecule has 2 rings (SSSR count). The first kappa shape index (κ1) is 15.5. The van der Waals surface area contributed by atoms with Crippen LogP contribution in [0.2, 0.25) is 0 Å². The number of hydrogen-bond acceptors (Lipinski definition) is 3. The van der Waals surface area contributed by atoms with Crippen molar-refractivity contribution in [3.63, 3.8) is 0 Å². The summed E-state index contributed by atoms with van der Waals surface area (Å²) >= 11 is 0. The third-order valence-corrected chi connectivity index (χ3v) is 3.71. The van der Waals surface area contributed by atoms with Crippen LogP contribution in [0.4, 0.5) is 0 Å². The lowest BCUT2D eigenvalue weighted by molar-refractivity contribution is 0.0697. The number of carbonyl (C=O) groups is 1. The molecule has 0 aliphatic rings. The van der Waals surface area contributed by atoms with E-state index in [1.54, 1.807) is 12.1 Å². The summed E-state index contributed by atoms with van der Waals surface area (Å²) in [6, 6.07) is 3.39. The summed E-state index contributed by atoms with van der Waals surface area (Å²) in [5.74, 6) is -0.936. The molecule has 21 heavy (non-hydrogen) atoms. The predicted molar refractivity (Wildman–Crippen MR) is 80.8 cm³/mol. The molecule has 0 fully saturated rings. The van der Waals surface area contributed by atoms with E-state index in [4.69, 9.17) is 5.11 Å². The van der Waals surface area contributed by atoms with Gasteiger partial charge in [0.25, 0.3) is 0 Å². The predicted octanol–water partition coefficient (Wildman–Crippen LogP) is 1.82. The molecular weight excluding hydrogens is 270 g/mol. The second-order valence-corrected chi connectivity index (χ2v) is 5.09. The van der Waals surface area contributed by atoms with E-state index in [1.807, 2.05) is 17.7 Å². The van der Waals surface area contributed by atoms with Gasteiger partial charge in [-0.15, -0.1) is 0 Å². The van der Waals surface area contributed by atoms with E-state index in [2.05, 4.69) is 0 Å². The highest BCUT2D eigenvalue weighted by Crippen LogP contribution is 2.28. The van der Waals surface area contributed by atoms with Crippen molar-refractivity contribution in [2.75, 3.05) is 13.2 Å². The summed E-state index contributed by atoms with van der Waals surface area (Å²) in [7, 11) is 0. The summed E-state index contributed by atoms with van der Waals surface area (Å²) in [6.45, 7) is 2.61. The number of aliphatic hydroxyl groups is 2. The van der Waals surface area contributed by atoms with Gasteiger partial charge in [-0.3, -0.25) is 0 Å². The molecule has 1 aromatic heterocycles. The number of fused-ring (bicyclic) bond motifs is 1. The standard InChI is InChI=1S/C16H21NO4/c1-2-11-8-13(16(20)21)9-14-12(4-3-6-18)10-17(5-7-19)15(11)14/h8-10,18-19H,2-7H2,1H3,(H,20,21). The van der Waals surface area contributed by atoms with E-state index in [0.717, 1.165) is 28.5 Å². The number of aliphatic hydroxyl groups excluding tert-OH is 2. The van der Waals surface area contributed by atoms with Gasteiger partial charge in [0.15, 0.2) is 0 Å². The lowest BCUT2D eigenvalue weighted by Gasteiger charge is -2.08. The Bertz CT molecular complexity index is 645. The molecule has 0 amide bonds.